The van der Waals surface area contributed by atoms with Gasteiger partial charge in [-0.25, -0.2) is 4.79 Å². The number of para-hydroxylation sites is 1. The molecule has 0 radical (unpaired) electrons. The van der Waals surface area contributed by atoms with Gasteiger partial charge in [-0.15, -0.1) is 0 Å². The monoisotopic (exact) mass is 393 g/mol. The fraction of sp³-hybridized carbons (Fsp3) is 0.348. The van der Waals surface area contributed by atoms with E-state index in [9.17, 15) is 14.4 Å². The first kappa shape index (κ1) is 20.6. The minimum absolute atomic E-state index is 0.259. The van der Waals surface area contributed by atoms with Gasteiger partial charge in [-0.2, -0.15) is 0 Å². The highest BCUT2D eigenvalue weighted by Crippen LogP contribution is 2.26. The van der Waals surface area contributed by atoms with Gasteiger partial charge in [0.25, 0.3) is 5.91 Å². The number of hydrogen-bond acceptors (Lipinski definition) is 3. The second-order valence-corrected chi connectivity index (χ2v) is 8.22. The van der Waals surface area contributed by atoms with E-state index in [4.69, 9.17) is 0 Å². The number of imide groups is 1. The molecule has 6 nitrogen and oxygen atoms in total. The van der Waals surface area contributed by atoms with E-state index in [-0.39, 0.29) is 18.4 Å². The number of benzene rings is 2. The second kappa shape index (κ2) is 8.07. The van der Waals surface area contributed by atoms with Gasteiger partial charge in [0.15, 0.2) is 0 Å². The molecule has 6 heteroatoms. The number of anilines is 1. The van der Waals surface area contributed by atoms with E-state index in [1.165, 1.54) is 4.90 Å². The first-order valence-corrected chi connectivity index (χ1v) is 9.74. The predicted molar refractivity (Wildman–Crippen MR) is 112 cm³/mol. The SMILES string of the molecule is CC1C(=O)N(CC(=O)N(Cc2ccccc2)C(C)(C)C)C(=O)N1c1ccccc1. The van der Waals surface area contributed by atoms with Crippen molar-refractivity contribution in [3.63, 3.8) is 0 Å². The van der Waals surface area contributed by atoms with Gasteiger partial charge in [0, 0.05) is 17.8 Å². The fourth-order valence-electron chi connectivity index (χ4n) is 3.48. The van der Waals surface area contributed by atoms with Crippen molar-refractivity contribution < 1.29 is 14.4 Å². The lowest BCUT2D eigenvalue weighted by Crippen LogP contribution is -2.50. The molecule has 0 spiro atoms. The molecule has 0 bridgehead atoms. The number of nitrogens with zero attached hydrogens (tertiary/aromatic N) is 3. The van der Waals surface area contributed by atoms with Gasteiger partial charge in [0.1, 0.15) is 12.6 Å². The highest BCUT2D eigenvalue weighted by molar-refractivity contribution is 6.15. The summed E-state index contributed by atoms with van der Waals surface area (Å²) in [6.07, 6.45) is 0. The Morgan fingerprint density at radius 3 is 2.07 bits per heavy atom. The van der Waals surface area contributed by atoms with Crippen LogP contribution < -0.4 is 4.90 Å². The van der Waals surface area contributed by atoms with E-state index in [0.717, 1.165) is 10.5 Å². The molecule has 3 rings (SSSR count). The van der Waals surface area contributed by atoms with Crippen LogP contribution in [0.15, 0.2) is 60.7 Å². The van der Waals surface area contributed by atoms with Gasteiger partial charge < -0.3 is 4.90 Å². The maximum atomic E-state index is 13.2. The Labute approximate surface area is 171 Å². The van der Waals surface area contributed by atoms with Crippen LogP contribution in [0.3, 0.4) is 0 Å². The van der Waals surface area contributed by atoms with Crippen molar-refractivity contribution in [3.05, 3.63) is 66.2 Å². The van der Waals surface area contributed by atoms with E-state index < -0.39 is 17.6 Å². The molecular formula is C23H27N3O3. The number of rotatable bonds is 5. The summed E-state index contributed by atoms with van der Waals surface area (Å²) in [5.41, 5.74) is 1.18. The minimum atomic E-state index is -0.644. The van der Waals surface area contributed by atoms with Gasteiger partial charge in [-0.3, -0.25) is 19.4 Å². The third kappa shape index (κ3) is 4.31. The van der Waals surface area contributed by atoms with Crippen LogP contribution in [-0.2, 0) is 16.1 Å². The van der Waals surface area contributed by atoms with Gasteiger partial charge in [-0.1, -0.05) is 48.5 Å². The lowest BCUT2D eigenvalue weighted by molar-refractivity contribution is -0.141. The molecule has 1 fully saturated rings. The normalized spacial score (nSPS) is 17.0. The van der Waals surface area contributed by atoms with Crippen molar-refractivity contribution in [1.82, 2.24) is 9.80 Å². The zero-order valence-corrected chi connectivity index (χ0v) is 17.3. The van der Waals surface area contributed by atoms with Crippen LogP contribution in [0.25, 0.3) is 0 Å². The van der Waals surface area contributed by atoms with E-state index in [1.54, 1.807) is 24.0 Å². The Morgan fingerprint density at radius 1 is 0.966 bits per heavy atom. The van der Waals surface area contributed by atoms with Crippen molar-refractivity contribution in [2.24, 2.45) is 0 Å². The molecule has 2 aromatic carbocycles. The molecule has 0 N–H and O–H groups in total. The summed E-state index contributed by atoms with van der Waals surface area (Å²) in [6.45, 7) is 7.66. The molecule has 29 heavy (non-hydrogen) atoms. The van der Waals surface area contributed by atoms with Gasteiger partial charge in [0.05, 0.1) is 0 Å². The maximum absolute atomic E-state index is 13.2. The van der Waals surface area contributed by atoms with Gasteiger partial charge in [0.2, 0.25) is 5.91 Å². The molecule has 152 valence electrons. The quantitative estimate of drug-likeness (QED) is 0.728. The molecule has 2 aromatic rings. The Kier molecular flexibility index (Phi) is 5.73. The van der Waals surface area contributed by atoms with E-state index in [0.29, 0.717) is 12.2 Å². The van der Waals surface area contributed by atoms with Crippen LogP contribution in [0.5, 0.6) is 0 Å². The van der Waals surface area contributed by atoms with Gasteiger partial charge in [-0.05, 0) is 45.4 Å². The lowest BCUT2D eigenvalue weighted by atomic mass is 10.0. The summed E-state index contributed by atoms with van der Waals surface area (Å²) >= 11 is 0. The molecule has 1 unspecified atom stereocenters. The summed E-state index contributed by atoms with van der Waals surface area (Å²) < 4.78 is 0. The molecular weight excluding hydrogens is 366 g/mol. The smallest absolute Gasteiger partial charge is 0.332 e. The summed E-state index contributed by atoms with van der Waals surface area (Å²) in [4.78, 5) is 43.1. The summed E-state index contributed by atoms with van der Waals surface area (Å²) in [5, 5.41) is 0. The van der Waals surface area contributed by atoms with Crippen LogP contribution in [0.2, 0.25) is 0 Å². The molecule has 1 aliphatic heterocycles. The molecule has 1 aliphatic rings. The van der Waals surface area contributed by atoms with Crippen molar-refractivity contribution >= 4 is 23.5 Å². The largest absolute Gasteiger partial charge is 0.332 e. The van der Waals surface area contributed by atoms with Crippen LogP contribution >= 0.6 is 0 Å². The summed E-state index contributed by atoms with van der Waals surface area (Å²) in [6, 6.07) is 17.6. The van der Waals surface area contributed by atoms with E-state index in [2.05, 4.69) is 0 Å². The fourth-order valence-corrected chi connectivity index (χ4v) is 3.48. The Hall–Kier alpha value is -3.15. The zero-order valence-electron chi connectivity index (χ0n) is 17.3. The van der Waals surface area contributed by atoms with Crippen LogP contribution in [0.4, 0.5) is 10.5 Å². The highest BCUT2D eigenvalue weighted by atomic mass is 16.2. The topological polar surface area (TPSA) is 60.9 Å². The number of carbonyl (C=O) groups excluding carboxylic acids is 3. The summed E-state index contributed by atoms with van der Waals surface area (Å²) in [5.74, 6) is -0.620. The molecule has 0 aliphatic carbocycles. The average molecular weight is 393 g/mol. The lowest BCUT2D eigenvalue weighted by Gasteiger charge is -2.36. The minimum Gasteiger partial charge on any atom is -0.332 e. The maximum Gasteiger partial charge on any atom is 0.332 e. The third-order valence-corrected chi connectivity index (χ3v) is 5.07. The Balaban J connectivity index is 1.80. The molecule has 0 aromatic heterocycles. The first-order chi connectivity index (χ1) is 13.7. The van der Waals surface area contributed by atoms with Crippen molar-refractivity contribution in [2.75, 3.05) is 11.4 Å². The Bertz CT molecular complexity index is 891. The van der Waals surface area contributed by atoms with E-state index in [1.807, 2.05) is 69.3 Å². The highest BCUT2D eigenvalue weighted by Gasteiger charge is 2.45. The Morgan fingerprint density at radius 2 is 1.52 bits per heavy atom. The van der Waals surface area contributed by atoms with Crippen LogP contribution in [0.1, 0.15) is 33.3 Å². The standard InChI is InChI=1S/C23H27N3O3/c1-17-21(28)24(22(29)26(17)19-13-9-6-10-14-19)16-20(27)25(23(2,3)4)15-18-11-7-5-8-12-18/h5-14,17H,15-16H2,1-4H3. The number of carbonyl (C=O) groups is 3. The molecule has 1 saturated heterocycles. The van der Waals surface area contributed by atoms with Crippen LogP contribution in [0, 0.1) is 0 Å². The average Bonchev–Trinajstić information content (AvgIpc) is 2.90. The number of amides is 4. The molecule has 1 heterocycles. The molecule has 4 amide bonds. The molecule has 0 saturated carbocycles. The van der Waals surface area contributed by atoms with Crippen LogP contribution in [-0.4, -0.2) is 45.8 Å². The summed E-state index contributed by atoms with van der Waals surface area (Å²) in [7, 11) is 0. The first-order valence-electron chi connectivity index (χ1n) is 9.74. The van der Waals surface area contributed by atoms with E-state index >= 15 is 0 Å². The predicted octanol–water partition coefficient (Wildman–Crippen LogP) is 3.67. The third-order valence-electron chi connectivity index (χ3n) is 5.07. The molecule has 1 atom stereocenters. The van der Waals surface area contributed by atoms with Crippen molar-refractivity contribution in [2.45, 2.75) is 45.8 Å². The zero-order chi connectivity index (χ0) is 21.2. The van der Waals surface area contributed by atoms with Gasteiger partial charge >= 0.3 is 6.03 Å². The van der Waals surface area contributed by atoms with Crippen molar-refractivity contribution in [3.8, 4) is 0 Å². The number of hydrogen-bond donors (Lipinski definition) is 0. The number of urea groups is 1. The second-order valence-electron chi connectivity index (χ2n) is 8.22. The van der Waals surface area contributed by atoms with Crippen molar-refractivity contribution in [1.29, 1.82) is 0 Å².